The number of nitrogens with zero attached hydrogens (tertiary/aromatic N) is 1. The van der Waals surface area contributed by atoms with E-state index in [2.05, 4.69) is 16.0 Å². The van der Waals surface area contributed by atoms with Gasteiger partial charge in [0, 0.05) is 16.4 Å². The van der Waals surface area contributed by atoms with Crippen LogP contribution in [-0.4, -0.2) is 27.8 Å². The lowest BCUT2D eigenvalue weighted by Crippen LogP contribution is -2.48. The normalized spacial score (nSPS) is 12.6. The largest absolute Gasteiger partial charge is 0.350 e. The third-order valence-corrected chi connectivity index (χ3v) is 8.08. The fourth-order valence-corrected chi connectivity index (χ4v) is 5.39. The molecule has 0 saturated heterocycles. The fraction of sp³-hybridized carbons (Fsp3) is 0.378. The molecule has 0 atom stereocenters. The van der Waals surface area contributed by atoms with Gasteiger partial charge in [-0.3, -0.25) is 14.4 Å². The number of benzene rings is 3. The molecular formula is C37H46N4O3. The lowest BCUT2D eigenvalue weighted by molar-refractivity contribution is -0.127. The second kappa shape index (κ2) is 11.9. The molecule has 0 aliphatic rings. The fourth-order valence-electron chi connectivity index (χ4n) is 5.39. The summed E-state index contributed by atoms with van der Waals surface area (Å²) in [7, 11) is 0. The molecule has 0 aliphatic heterocycles. The van der Waals surface area contributed by atoms with Crippen LogP contribution in [0.1, 0.15) is 89.5 Å². The minimum atomic E-state index is -0.871. The summed E-state index contributed by atoms with van der Waals surface area (Å²) >= 11 is 0. The van der Waals surface area contributed by atoms with Crippen LogP contribution >= 0.6 is 0 Å². The van der Waals surface area contributed by atoms with Crippen LogP contribution in [0, 0.1) is 0 Å². The first-order valence-electron chi connectivity index (χ1n) is 15.1. The van der Waals surface area contributed by atoms with Gasteiger partial charge < -0.3 is 20.5 Å². The third-order valence-electron chi connectivity index (χ3n) is 8.08. The molecule has 3 N–H and O–H groups in total. The highest BCUT2D eigenvalue weighted by molar-refractivity contribution is 6.00. The van der Waals surface area contributed by atoms with E-state index in [0.29, 0.717) is 5.69 Å². The summed E-state index contributed by atoms with van der Waals surface area (Å²) < 4.78 is 1.75. The Morgan fingerprint density at radius 3 is 1.66 bits per heavy atom. The number of nitrogens with one attached hydrogen (secondary N) is 3. The van der Waals surface area contributed by atoms with Crippen molar-refractivity contribution in [2.24, 2.45) is 0 Å². The van der Waals surface area contributed by atoms with Crippen LogP contribution in [0.4, 0.5) is 0 Å². The monoisotopic (exact) mass is 594 g/mol. The maximum Gasteiger partial charge on any atom is 0.268 e. The number of aromatic nitrogens is 1. The van der Waals surface area contributed by atoms with Crippen molar-refractivity contribution >= 4 is 28.6 Å². The molecule has 0 bridgehead atoms. The second-order valence-electron chi connectivity index (χ2n) is 14.2. The Balaban J connectivity index is 1.71. The van der Waals surface area contributed by atoms with Gasteiger partial charge in [-0.25, -0.2) is 0 Å². The Morgan fingerprint density at radius 2 is 1.14 bits per heavy atom. The van der Waals surface area contributed by atoms with Crippen LogP contribution in [0.2, 0.25) is 0 Å². The smallest absolute Gasteiger partial charge is 0.268 e. The molecule has 0 aliphatic carbocycles. The number of rotatable bonds is 9. The molecule has 0 fully saturated rings. The van der Waals surface area contributed by atoms with Crippen molar-refractivity contribution in [2.75, 3.05) is 0 Å². The zero-order valence-corrected chi connectivity index (χ0v) is 27.5. The van der Waals surface area contributed by atoms with Crippen molar-refractivity contribution in [1.82, 2.24) is 20.5 Å². The Bertz CT molecular complexity index is 1660. The van der Waals surface area contributed by atoms with Gasteiger partial charge in [0.05, 0.1) is 16.5 Å². The van der Waals surface area contributed by atoms with E-state index >= 15 is 0 Å². The van der Waals surface area contributed by atoms with E-state index in [1.165, 1.54) is 0 Å². The van der Waals surface area contributed by atoms with Crippen LogP contribution in [0.3, 0.4) is 0 Å². The topological polar surface area (TPSA) is 92.2 Å². The Morgan fingerprint density at radius 1 is 0.614 bits per heavy atom. The van der Waals surface area contributed by atoms with Crippen molar-refractivity contribution in [2.45, 2.75) is 90.9 Å². The predicted molar refractivity (Wildman–Crippen MR) is 177 cm³/mol. The van der Waals surface area contributed by atoms with Crippen molar-refractivity contribution in [3.63, 3.8) is 0 Å². The van der Waals surface area contributed by atoms with Crippen LogP contribution in [0.15, 0.2) is 84.9 Å². The Hall–Kier alpha value is -4.39. The predicted octanol–water partition coefficient (Wildman–Crippen LogP) is 6.55. The Kier molecular flexibility index (Phi) is 8.83. The molecule has 3 amide bonds. The van der Waals surface area contributed by atoms with Gasteiger partial charge in [0.1, 0.15) is 12.2 Å². The van der Waals surface area contributed by atoms with Crippen LogP contribution < -0.4 is 16.0 Å². The average molecular weight is 595 g/mol. The number of carbonyl (C=O) groups is 3. The third kappa shape index (κ3) is 7.21. The second-order valence-corrected chi connectivity index (χ2v) is 14.2. The highest BCUT2D eigenvalue weighted by Gasteiger charge is 2.35. The van der Waals surface area contributed by atoms with E-state index < -0.39 is 22.0 Å². The Labute approximate surface area is 261 Å². The molecule has 3 aromatic carbocycles. The van der Waals surface area contributed by atoms with E-state index in [4.69, 9.17) is 0 Å². The lowest BCUT2D eigenvalue weighted by atomic mass is 9.81. The highest BCUT2D eigenvalue weighted by atomic mass is 16.2. The number of fused-ring (bicyclic) bond motifs is 1. The van der Waals surface area contributed by atoms with Gasteiger partial charge in [0.15, 0.2) is 0 Å². The summed E-state index contributed by atoms with van der Waals surface area (Å²) in [5.74, 6) is -0.600. The molecule has 4 rings (SSSR count). The molecule has 0 unspecified atom stereocenters. The number of hydrogen-bond acceptors (Lipinski definition) is 3. The molecular weight excluding hydrogens is 548 g/mol. The van der Waals surface area contributed by atoms with Gasteiger partial charge in [-0.15, -0.1) is 0 Å². The van der Waals surface area contributed by atoms with E-state index in [1.807, 2.05) is 147 Å². The SMILES string of the molecule is CC(C)(C)NC(=O)Cn1c(C(=O)NC(C)(C)c2ccccc2)cc2cc(C(C)(C)C(=O)NC(C)(C)c3ccccc3)ccc21. The van der Waals surface area contributed by atoms with Crippen molar-refractivity contribution in [3.05, 3.63) is 107 Å². The molecule has 0 spiro atoms. The standard InChI is InChI=1S/C37H46N4O3/c1-34(2,3)38-31(42)24-41-29-21-20-28(35(4,5)33(44)40-37(8,9)27-18-14-11-15-19-27)22-25(29)23-30(41)32(43)39-36(6,7)26-16-12-10-13-17-26/h10-23H,24H2,1-9H3,(H,38,42)(H,39,43)(H,40,44). The summed E-state index contributed by atoms with van der Waals surface area (Å²) in [4.78, 5) is 40.7. The van der Waals surface area contributed by atoms with Gasteiger partial charge in [-0.2, -0.15) is 0 Å². The maximum atomic E-state index is 13.8. The van der Waals surface area contributed by atoms with Gasteiger partial charge >= 0.3 is 0 Å². The van der Waals surface area contributed by atoms with Crippen molar-refractivity contribution in [3.8, 4) is 0 Å². The molecule has 0 saturated carbocycles. The van der Waals surface area contributed by atoms with Crippen LogP contribution in [-0.2, 0) is 32.6 Å². The van der Waals surface area contributed by atoms with E-state index in [9.17, 15) is 14.4 Å². The van der Waals surface area contributed by atoms with E-state index in [-0.39, 0.29) is 24.3 Å². The molecule has 0 radical (unpaired) electrons. The average Bonchev–Trinajstić information content (AvgIpc) is 3.30. The van der Waals surface area contributed by atoms with Gasteiger partial charge in [0.25, 0.3) is 5.91 Å². The highest BCUT2D eigenvalue weighted by Crippen LogP contribution is 2.31. The van der Waals surface area contributed by atoms with Crippen molar-refractivity contribution < 1.29 is 14.4 Å². The first kappa shape index (κ1) is 32.5. The number of hydrogen-bond donors (Lipinski definition) is 3. The van der Waals surface area contributed by atoms with Crippen molar-refractivity contribution in [1.29, 1.82) is 0 Å². The zero-order valence-electron chi connectivity index (χ0n) is 27.5. The summed E-state index contributed by atoms with van der Waals surface area (Å²) in [6.07, 6.45) is 0. The van der Waals surface area contributed by atoms with Crippen LogP contribution in [0.5, 0.6) is 0 Å². The summed E-state index contributed by atoms with van der Waals surface area (Å²) in [5.41, 5.74) is 1.39. The molecule has 44 heavy (non-hydrogen) atoms. The minimum absolute atomic E-state index is 0.0240. The summed E-state index contributed by atoms with van der Waals surface area (Å²) in [6, 6.07) is 27.2. The summed E-state index contributed by atoms with van der Waals surface area (Å²) in [5, 5.41) is 10.2. The first-order valence-corrected chi connectivity index (χ1v) is 15.1. The van der Waals surface area contributed by atoms with E-state index in [0.717, 1.165) is 27.6 Å². The molecule has 4 aromatic rings. The molecule has 7 nitrogen and oxygen atoms in total. The molecule has 232 valence electrons. The number of carbonyl (C=O) groups excluding carboxylic acids is 3. The number of amides is 3. The molecule has 1 aromatic heterocycles. The minimum Gasteiger partial charge on any atom is -0.350 e. The first-order chi connectivity index (χ1) is 20.4. The quantitative estimate of drug-likeness (QED) is 0.205. The van der Waals surface area contributed by atoms with Gasteiger partial charge in [0.2, 0.25) is 11.8 Å². The molecule has 7 heteroatoms. The zero-order chi connectivity index (χ0) is 32.5. The van der Waals surface area contributed by atoms with Gasteiger partial charge in [-0.05, 0) is 97.2 Å². The van der Waals surface area contributed by atoms with E-state index in [1.54, 1.807) is 4.57 Å². The lowest BCUT2D eigenvalue weighted by Gasteiger charge is -2.33. The van der Waals surface area contributed by atoms with Crippen LogP contribution in [0.25, 0.3) is 10.9 Å². The van der Waals surface area contributed by atoms with Gasteiger partial charge in [-0.1, -0.05) is 66.7 Å². The molecule has 1 heterocycles. The summed E-state index contributed by atoms with van der Waals surface area (Å²) in [6.45, 7) is 17.4. The maximum absolute atomic E-state index is 13.8.